The normalized spacial score (nSPS) is 13.9. The third kappa shape index (κ3) is 3.75. The molecule has 0 saturated carbocycles. The second-order valence-corrected chi connectivity index (χ2v) is 4.02. The van der Waals surface area contributed by atoms with Crippen LogP contribution in [0.15, 0.2) is 24.3 Å². The molecule has 4 heteroatoms. The van der Waals surface area contributed by atoms with Crippen LogP contribution in [0, 0.1) is 0 Å². The highest BCUT2D eigenvalue weighted by Gasteiger charge is 2.14. The zero-order valence-corrected chi connectivity index (χ0v) is 10.6. The number of nitrogens with two attached hydrogens (primary N) is 1. The van der Waals surface area contributed by atoms with Crippen LogP contribution in [-0.4, -0.2) is 19.1 Å². The molecule has 0 spiro atoms. The third-order valence-corrected chi connectivity index (χ3v) is 2.75. The highest BCUT2D eigenvalue weighted by molar-refractivity contribution is 5.81. The molecule has 0 bridgehead atoms. The Hall–Kier alpha value is -1.55. The molecule has 2 atom stereocenters. The summed E-state index contributed by atoms with van der Waals surface area (Å²) in [7, 11) is 1.63. The van der Waals surface area contributed by atoms with E-state index in [4.69, 9.17) is 10.5 Å². The van der Waals surface area contributed by atoms with Gasteiger partial charge in [-0.15, -0.1) is 0 Å². The smallest absolute Gasteiger partial charge is 0.237 e. The Morgan fingerprint density at radius 2 is 2.00 bits per heavy atom. The molecule has 0 aliphatic rings. The van der Waals surface area contributed by atoms with Gasteiger partial charge < -0.3 is 15.8 Å². The Morgan fingerprint density at radius 1 is 1.41 bits per heavy atom. The number of methoxy groups -OCH3 is 1. The summed E-state index contributed by atoms with van der Waals surface area (Å²) in [6.07, 6.45) is 0.640. The second kappa shape index (κ2) is 6.25. The van der Waals surface area contributed by atoms with Gasteiger partial charge in [-0.05, 0) is 31.0 Å². The van der Waals surface area contributed by atoms with Gasteiger partial charge in [0, 0.05) is 0 Å². The zero-order chi connectivity index (χ0) is 12.8. The molecule has 1 aromatic rings. The van der Waals surface area contributed by atoms with E-state index in [1.165, 1.54) is 0 Å². The van der Waals surface area contributed by atoms with Gasteiger partial charge in [0.25, 0.3) is 0 Å². The summed E-state index contributed by atoms with van der Waals surface area (Å²) in [5, 5.41) is 2.88. The zero-order valence-electron chi connectivity index (χ0n) is 10.6. The van der Waals surface area contributed by atoms with Crippen molar-refractivity contribution in [2.24, 2.45) is 5.73 Å². The fourth-order valence-electron chi connectivity index (χ4n) is 1.48. The first-order chi connectivity index (χ1) is 8.08. The lowest BCUT2D eigenvalue weighted by Crippen LogP contribution is -2.41. The first-order valence-electron chi connectivity index (χ1n) is 5.78. The van der Waals surface area contributed by atoms with Crippen molar-refractivity contribution in [3.05, 3.63) is 29.8 Å². The lowest BCUT2D eigenvalue weighted by Gasteiger charge is -2.17. The lowest BCUT2D eigenvalue weighted by atomic mass is 10.1. The predicted molar refractivity (Wildman–Crippen MR) is 67.8 cm³/mol. The molecular weight excluding hydrogens is 216 g/mol. The molecule has 17 heavy (non-hydrogen) atoms. The number of benzene rings is 1. The van der Waals surface area contributed by atoms with Crippen LogP contribution in [0.3, 0.4) is 0 Å². The number of rotatable bonds is 5. The van der Waals surface area contributed by atoms with E-state index in [-0.39, 0.29) is 11.9 Å². The summed E-state index contributed by atoms with van der Waals surface area (Å²) in [6.45, 7) is 3.82. The minimum atomic E-state index is -0.435. The van der Waals surface area contributed by atoms with E-state index in [1.54, 1.807) is 7.11 Å². The molecule has 0 aliphatic carbocycles. The maximum absolute atomic E-state index is 11.6. The molecule has 0 saturated heterocycles. The fourth-order valence-corrected chi connectivity index (χ4v) is 1.48. The standard InChI is InChI=1S/C13H20N2O2/c1-4-12(14)13(16)15-9(2)10-5-7-11(17-3)8-6-10/h5-9,12H,4,14H2,1-3H3,(H,15,16)/t9?,12-/m1/s1. The van der Waals surface area contributed by atoms with Crippen LogP contribution in [0.25, 0.3) is 0 Å². The van der Waals surface area contributed by atoms with E-state index in [0.717, 1.165) is 11.3 Å². The van der Waals surface area contributed by atoms with Gasteiger partial charge in [-0.1, -0.05) is 19.1 Å². The van der Waals surface area contributed by atoms with Crippen molar-refractivity contribution in [2.45, 2.75) is 32.4 Å². The van der Waals surface area contributed by atoms with E-state index in [2.05, 4.69) is 5.32 Å². The van der Waals surface area contributed by atoms with Crippen molar-refractivity contribution >= 4 is 5.91 Å². The van der Waals surface area contributed by atoms with Crippen LogP contribution < -0.4 is 15.8 Å². The van der Waals surface area contributed by atoms with E-state index >= 15 is 0 Å². The Bertz CT molecular complexity index is 362. The fraction of sp³-hybridized carbons (Fsp3) is 0.462. The monoisotopic (exact) mass is 236 g/mol. The summed E-state index contributed by atoms with van der Waals surface area (Å²) in [6, 6.07) is 7.12. The Labute approximate surface area is 102 Å². The van der Waals surface area contributed by atoms with Gasteiger partial charge in [0.1, 0.15) is 5.75 Å². The van der Waals surface area contributed by atoms with Crippen molar-refractivity contribution < 1.29 is 9.53 Å². The average molecular weight is 236 g/mol. The number of carbonyl (C=O) groups excluding carboxylic acids is 1. The minimum absolute atomic E-state index is 0.0500. The van der Waals surface area contributed by atoms with Gasteiger partial charge in [0.15, 0.2) is 0 Å². The number of hydrogen-bond donors (Lipinski definition) is 2. The van der Waals surface area contributed by atoms with Crippen LogP contribution >= 0.6 is 0 Å². The molecular formula is C13H20N2O2. The maximum atomic E-state index is 11.6. The number of nitrogens with one attached hydrogen (secondary N) is 1. The van der Waals surface area contributed by atoms with Crippen LogP contribution in [0.1, 0.15) is 31.9 Å². The Morgan fingerprint density at radius 3 is 2.47 bits per heavy atom. The van der Waals surface area contributed by atoms with Gasteiger partial charge in [0.2, 0.25) is 5.91 Å². The van der Waals surface area contributed by atoms with Crippen LogP contribution in [0.5, 0.6) is 5.75 Å². The molecule has 0 aromatic heterocycles. The molecule has 94 valence electrons. The van der Waals surface area contributed by atoms with Gasteiger partial charge in [-0.3, -0.25) is 4.79 Å². The second-order valence-electron chi connectivity index (χ2n) is 4.02. The molecule has 0 radical (unpaired) electrons. The van der Waals surface area contributed by atoms with Crippen molar-refractivity contribution in [1.82, 2.24) is 5.32 Å². The number of ether oxygens (including phenoxy) is 1. The quantitative estimate of drug-likeness (QED) is 0.816. The first kappa shape index (κ1) is 13.5. The predicted octanol–water partition coefficient (Wildman–Crippen LogP) is 1.61. The van der Waals surface area contributed by atoms with Gasteiger partial charge in [-0.25, -0.2) is 0 Å². The summed E-state index contributed by atoms with van der Waals surface area (Å²) in [5.41, 5.74) is 6.69. The SMILES string of the molecule is CC[C@@H](N)C(=O)NC(C)c1ccc(OC)cc1. The molecule has 3 N–H and O–H groups in total. The van der Waals surface area contributed by atoms with Crippen molar-refractivity contribution in [3.8, 4) is 5.75 Å². The van der Waals surface area contributed by atoms with E-state index in [9.17, 15) is 4.79 Å². The summed E-state index contributed by atoms with van der Waals surface area (Å²) < 4.78 is 5.08. The van der Waals surface area contributed by atoms with E-state index in [0.29, 0.717) is 6.42 Å². The van der Waals surface area contributed by atoms with Gasteiger partial charge in [-0.2, -0.15) is 0 Å². The third-order valence-electron chi connectivity index (χ3n) is 2.75. The molecule has 0 fully saturated rings. The van der Waals surface area contributed by atoms with E-state index < -0.39 is 6.04 Å². The Kier molecular flexibility index (Phi) is 4.97. The van der Waals surface area contributed by atoms with Crippen LogP contribution in [0.4, 0.5) is 0 Å². The largest absolute Gasteiger partial charge is 0.497 e. The lowest BCUT2D eigenvalue weighted by molar-refractivity contribution is -0.123. The van der Waals surface area contributed by atoms with Crippen molar-refractivity contribution in [1.29, 1.82) is 0 Å². The van der Waals surface area contributed by atoms with Crippen LogP contribution in [0.2, 0.25) is 0 Å². The topological polar surface area (TPSA) is 64.4 Å². The number of carbonyl (C=O) groups is 1. The maximum Gasteiger partial charge on any atom is 0.237 e. The average Bonchev–Trinajstić information content (AvgIpc) is 2.37. The highest BCUT2D eigenvalue weighted by Crippen LogP contribution is 2.17. The number of hydrogen-bond acceptors (Lipinski definition) is 3. The summed E-state index contributed by atoms with van der Waals surface area (Å²) >= 11 is 0. The summed E-state index contributed by atoms with van der Waals surface area (Å²) in [5.74, 6) is 0.688. The molecule has 0 heterocycles. The molecule has 1 amide bonds. The Balaban J connectivity index is 2.63. The first-order valence-corrected chi connectivity index (χ1v) is 5.78. The molecule has 0 aliphatic heterocycles. The molecule has 1 aromatic carbocycles. The van der Waals surface area contributed by atoms with Gasteiger partial charge in [0.05, 0.1) is 19.2 Å². The molecule has 1 unspecified atom stereocenters. The molecule has 4 nitrogen and oxygen atoms in total. The van der Waals surface area contributed by atoms with Crippen molar-refractivity contribution in [2.75, 3.05) is 7.11 Å². The van der Waals surface area contributed by atoms with Gasteiger partial charge >= 0.3 is 0 Å². The highest BCUT2D eigenvalue weighted by atomic mass is 16.5. The molecule has 1 rings (SSSR count). The summed E-state index contributed by atoms with van der Waals surface area (Å²) in [4.78, 5) is 11.6. The number of amides is 1. The van der Waals surface area contributed by atoms with E-state index in [1.807, 2.05) is 38.1 Å². The minimum Gasteiger partial charge on any atom is -0.497 e. The van der Waals surface area contributed by atoms with Crippen LogP contribution in [-0.2, 0) is 4.79 Å². The van der Waals surface area contributed by atoms with Crippen molar-refractivity contribution in [3.63, 3.8) is 0 Å².